The third-order valence-corrected chi connectivity index (χ3v) is 11.5. The number of hydrogen-bond acceptors (Lipinski definition) is 5. The van der Waals surface area contributed by atoms with Crippen LogP contribution in [0.5, 0.6) is 0 Å². The Hall–Kier alpha value is -1.97. The zero-order chi connectivity index (χ0) is 30.9. The molecular formula is C32H43Cl2N3O4S. The van der Waals surface area contributed by atoms with Crippen molar-refractivity contribution in [3.63, 3.8) is 0 Å². The molecule has 7 nitrogen and oxygen atoms in total. The van der Waals surface area contributed by atoms with E-state index >= 15 is 0 Å². The molecule has 0 aromatic heterocycles. The lowest BCUT2D eigenvalue weighted by atomic mass is 9.83. The average molecular weight is 637 g/mol. The fourth-order valence-corrected chi connectivity index (χ4v) is 8.48. The van der Waals surface area contributed by atoms with Crippen LogP contribution in [0.15, 0.2) is 42.5 Å². The van der Waals surface area contributed by atoms with Gasteiger partial charge in [0.15, 0.2) is 4.75 Å². The van der Waals surface area contributed by atoms with Gasteiger partial charge in [0, 0.05) is 70.7 Å². The third kappa shape index (κ3) is 6.73. The molecule has 42 heavy (non-hydrogen) atoms. The Bertz CT molecular complexity index is 1290. The van der Waals surface area contributed by atoms with Crippen LogP contribution in [0.1, 0.15) is 70.1 Å². The Balaban J connectivity index is 1.65. The topological polar surface area (TPSA) is 76.2 Å². The maximum Gasteiger partial charge on any atom is 0.410 e. The lowest BCUT2D eigenvalue weighted by molar-refractivity contribution is -0.131. The minimum absolute atomic E-state index is 0.0284. The normalized spacial score (nSPS) is 19.7. The van der Waals surface area contributed by atoms with E-state index in [1.165, 1.54) is 11.1 Å². The number of rotatable bonds is 8. The Morgan fingerprint density at radius 1 is 1.07 bits per heavy atom. The lowest BCUT2D eigenvalue weighted by Crippen LogP contribution is -2.56. The van der Waals surface area contributed by atoms with Gasteiger partial charge in [-0.25, -0.2) is 4.79 Å². The maximum atomic E-state index is 13.6. The highest BCUT2D eigenvalue weighted by molar-refractivity contribution is 7.92. The molecule has 2 atom stereocenters. The number of carbonyl (C=O) groups excluding carboxylic acids is 2. The first-order chi connectivity index (χ1) is 19.7. The van der Waals surface area contributed by atoms with Crippen LogP contribution in [0.3, 0.4) is 0 Å². The Labute approximate surface area is 263 Å². The molecule has 0 bridgehead atoms. The molecule has 2 amide bonds. The smallest absolute Gasteiger partial charge is 0.410 e. The summed E-state index contributed by atoms with van der Waals surface area (Å²) >= 11 is 11.9. The number of fused-ring (bicyclic) bond motifs is 2. The molecule has 2 heterocycles. The van der Waals surface area contributed by atoms with Crippen LogP contribution in [0.4, 0.5) is 4.79 Å². The second kappa shape index (κ2) is 12.9. The molecule has 2 aromatic rings. The standard InChI is InChI=1S/C32H43Cl2N3O4S/c1-7-28(38)35(5)22-31(24-12-13-26(33)27(34)20-24,36(6)29(39)41-30(2,3)4)14-17-37-18-15-32(16-19-37)25-11-9-8-10-23(25)21-42(32)40/h8-13,20H,7,14-19,21-22H2,1-6H3. The van der Waals surface area contributed by atoms with E-state index < -0.39 is 28.4 Å². The number of ether oxygens (including phenoxy) is 1. The number of likely N-dealkylation sites (tertiary alicyclic amines) is 1. The van der Waals surface area contributed by atoms with Crippen LogP contribution < -0.4 is 0 Å². The van der Waals surface area contributed by atoms with E-state index in [0.717, 1.165) is 31.5 Å². The predicted molar refractivity (Wildman–Crippen MR) is 170 cm³/mol. The van der Waals surface area contributed by atoms with Crippen molar-refractivity contribution in [1.82, 2.24) is 14.7 Å². The van der Waals surface area contributed by atoms with Gasteiger partial charge in [0.2, 0.25) is 5.91 Å². The fourth-order valence-electron chi connectivity index (χ4n) is 6.29. The van der Waals surface area contributed by atoms with E-state index in [4.69, 9.17) is 27.9 Å². The predicted octanol–water partition coefficient (Wildman–Crippen LogP) is 6.57. The summed E-state index contributed by atoms with van der Waals surface area (Å²) < 4.78 is 18.9. The van der Waals surface area contributed by atoms with E-state index in [1.54, 1.807) is 36.0 Å². The summed E-state index contributed by atoms with van der Waals surface area (Å²) in [5.74, 6) is 0.592. The summed E-state index contributed by atoms with van der Waals surface area (Å²) in [6.45, 7) is 9.82. The number of likely N-dealkylation sites (N-methyl/N-ethyl adjacent to an activating group) is 2. The van der Waals surface area contributed by atoms with Gasteiger partial charge in [-0.1, -0.05) is 60.5 Å². The molecule has 2 aliphatic rings. The van der Waals surface area contributed by atoms with Crippen LogP contribution in [0.25, 0.3) is 0 Å². The average Bonchev–Trinajstić information content (AvgIpc) is 3.22. The molecule has 0 saturated carbocycles. The summed E-state index contributed by atoms with van der Waals surface area (Å²) in [5, 5.41) is 0.793. The number of amides is 2. The highest BCUT2D eigenvalue weighted by Crippen LogP contribution is 2.49. The fraction of sp³-hybridized carbons (Fsp3) is 0.562. The highest BCUT2D eigenvalue weighted by Gasteiger charge is 2.52. The molecule has 2 aromatic carbocycles. The van der Waals surface area contributed by atoms with Crippen LogP contribution in [0, 0.1) is 0 Å². The van der Waals surface area contributed by atoms with Crippen LogP contribution in [-0.2, 0) is 36.7 Å². The minimum atomic E-state index is -0.950. The van der Waals surface area contributed by atoms with Gasteiger partial charge in [0.1, 0.15) is 11.4 Å². The Morgan fingerprint density at radius 3 is 2.36 bits per heavy atom. The molecular weight excluding hydrogens is 593 g/mol. The van der Waals surface area contributed by atoms with Gasteiger partial charge in [-0.3, -0.25) is 9.69 Å². The number of piperidine rings is 1. The molecule has 10 heteroatoms. The van der Waals surface area contributed by atoms with Crippen molar-refractivity contribution in [2.75, 3.05) is 40.3 Å². The lowest BCUT2D eigenvalue weighted by Gasteiger charge is -2.46. The van der Waals surface area contributed by atoms with Gasteiger partial charge >= 0.3 is 6.09 Å². The molecule has 1 fully saturated rings. The third-order valence-electron chi connectivity index (χ3n) is 8.73. The quantitative estimate of drug-likeness (QED) is 0.307. The number of hydrogen-bond donors (Lipinski definition) is 0. The monoisotopic (exact) mass is 635 g/mol. The maximum absolute atomic E-state index is 13.6. The molecule has 1 spiro atoms. The van der Waals surface area contributed by atoms with Crippen molar-refractivity contribution < 1.29 is 18.9 Å². The van der Waals surface area contributed by atoms with Crippen molar-refractivity contribution in [2.45, 2.75) is 75.0 Å². The van der Waals surface area contributed by atoms with E-state index in [-0.39, 0.29) is 17.2 Å². The van der Waals surface area contributed by atoms with Crippen molar-refractivity contribution in [1.29, 1.82) is 0 Å². The van der Waals surface area contributed by atoms with Crippen molar-refractivity contribution in [3.8, 4) is 0 Å². The van der Waals surface area contributed by atoms with E-state index in [0.29, 0.717) is 35.2 Å². The molecule has 0 radical (unpaired) electrons. The van der Waals surface area contributed by atoms with Gasteiger partial charge in [-0.15, -0.1) is 0 Å². The van der Waals surface area contributed by atoms with Crippen molar-refractivity contribution >= 4 is 46.4 Å². The molecule has 0 aliphatic carbocycles. The summed E-state index contributed by atoms with van der Waals surface area (Å²) in [6.07, 6.45) is 2.01. The van der Waals surface area contributed by atoms with Crippen molar-refractivity contribution in [3.05, 3.63) is 69.2 Å². The number of nitrogens with zero attached hydrogens (tertiary/aromatic N) is 3. The highest BCUT2D eigenvalue weighted by atomic mass is 35.5. The zero-order valence-electron chi connectivity index (χ0n) is 25.5. The van der Waals surface area contributed by atoms with E-state index in [2.05, 4.69) is 17.0 Å². The first kappa shape index (κ1) is 32.9. The SMILES string of the molecule is CCC(=O)N(C)CC(CCN1CCC2(CC1)c1ccccc1C[S+]2[O-])(c1ccc(Cl)c(Cl)c1)N(C)C(=O)OC(C)(C)C. The van der Waals surface area contributed by atoms with Gasteiger partial charge in [0.05, 0.1) is 15.6 Å². The number of carbonyl (C=O) groups is 2. The largest absolute Gasteiger partial charge is 0.615 e. The number of halogens is 2. The molecule has 4 rings (SSSR count). The number of benzene rings is 2. The molecule has 2 unspecified atom stereocenters. The van der Waals surface area contributed by atoms with Gasteiger partial charge in [-0.05, 0) is 56.1 Å². The van der Waals surface area contributed by atoms with E-state index in [1.807, 2.05) is 45.9 Å². The molecule has 2 aliphatic heterocycles. The van der Waals surface area contributed by atoms with Gasteiger partial charge < -0.3 is 19.1 Å². The summed E-state index contributed by atoms with van der Waals surface area (Å²) in [6, 6.07) is 13.7. The van der Waals surface area contributed by atoms with Crippen LogP contribution in [0.2, 0.25) is 10.0 Å². The summed E-state index contributed by atoms with van der Waals surface area (Å²) in [5.41, 5.74) is 1.56. The Kier molecular flexibility index (Phi) is 10.2. The first-order valence-electron chi connectivity index (χ1n) is 14.6. The summed E-state index contributed by atoms with van der Waals surface area (Å²) in [4.78, 5) is 32.1. The van der Waals surface area contributed by atoms with Crippen LogP contribution >= 0.6 is 23.2 Å². The van der Waals surface area contributed by atoms with Crippen molar-refractivity contribution in [2.24, 2.45) is 0 Å². The molecule has 1 saturated heterocycles. The molecule has 0 N–H and O–H groups in total. The molecule has 230 valence electrons. The second-order valence-electron chi connectivity index (χ2n) is 12.5. The van der Waals surface area contributed by atoms with Gasteiger partial charge in [0.25, 0.3) is 0 Å². The van der Waals surface area contributed by atoms with Crippen LogP contribution in [-0.4, -0.2) is 77.1 Å². The Morgan fingerprint density at radius 2 is 1.74 bits per heavy atom. The first-order valence-corrected chi connectivity index (χ1v) is 16.7. The second-order valence-corrected chi connectivity index (χ2v) is 15.1. The zero-order valence-corrected chi connectivity index (χ0v) is 27.9. The van der Waals surface area contributed by atoms with E-state index in [9.17, 15) is 14.1 Å². The summed E-state index contributed by atoms with van der Waals surface area (Å²) in [7, 11) is 3.49. The van der Waals surface area contributed by atoms with Gasteiger partial charge in [-0.2, -0.15) is 0 Å². The minimum Gasteiger partial charge on any atom is -0.615 e.